The van der Waals surface area contributed by atoms with Crippen LogP contribution in [0.5, 0.6) is 0 Å². The number of nitrogens with zero attached hydrogens (tertiary/aromatic N) is 1. The van der Waals surface area contributed by atoms with Crippen LogP contribution < -0.4 is 5.32 Å². The standard InChI is InChI=1S/C14H30N2O/c1-11(2)8-14(17)9-15-12(3)13-6-5-7-16(4)10-13/h11-15,17H,5-10H2,1-4H3. The lowest BCUT2D eigenvalue weighted by molar-refractivity contribution is 0.128. The van der Waals surface area contributed by atoms with Gasteiger partial charge in [-0.25, -0.2) is 0 Å². The van der Waals surface area contributed by atoms with E-state index in [1.54, 1.807) is 0 Å². The van der Waals surface area contributed by atoms with Crippen LogP contribution in [0, 0.1) is 11.8 Å². The van der Waals surface area contributed by atoms with Gasteiger partial charge < -0.3 is 15.3 Å². The second kappa shape index (κ2) is 7.34. The molecule has 0 aliphatic carbocycles. The first-order valence-corrected chi connectivity index (χ1v) is 7.09. The summed E-state index contributed by atoms with van der Waals surface area (Å²) in [7, 11) is 2.20. The molecule has 0 bridgehead atoms. The summed E-state index contributed by atoms with van der Waals surface area (Å²) in [4.78, 5) is 2.41. The van der Waals surface area contributed by atoms with E-state index in [9.17, 15) is 5.11 Å². The summed E-state index contributed by atoms with van der Waals surface area (Å²) in [6, 6.07) is 0.513. The van der Waals surface area contributed by atoms with Gasteiger partial charge in [0.15, 0.2) is 0 Å². The Morgan fingerprint density at radius 1 is 1.35 bits per heavy atom. The second-order valence-corrected chi connectivity index (χ2v) is 6.14. The molecule has 3 nitrogen and oxygen atoms in total. The molecule has 0 amide bonds. The zero-order valence-electron chi connectivity index (χ0n) is 11.9. The van der Waals surface area contributed by atoms with Crippen molar-refractivity contribution in [3.05, 3.63) is 0 Å². The monoisotopic (exact) mass is 242 g/mol. The largest absolute Gasteiger partial charge is 0.392 e. The molecule has 102 valence electrons. The quantitative estimate of drug-likeness (QED) is 0.744. The van der Waals surface area contributed by atoms with Crippen LogP contribution in [0.4, 0.5) is 0 Å². The third kappa shape index (κ3) is 5.84. The average Bonchev–Trinajstić information content (AvgIpc) is 2.25. The van der Waals surface area contributed by atoms with Gasteiger partial charge in [0, 0.05) is 19.1 Å². The Balaban J connectivity index is 2.21. The van der Waals surface area contributed by atoms with Gasteiger partial charge in [-0.2, -0.15) is 0 Å². The normalized spacial score (nSPS) is 26.1. The highest BCUT2D eigenvalue weighted by molar-refractivity contribution is 4.79. The van der Waals surface area contributed by atoms with E-state index in [1.807, 2.05) is 0 Å². The Hall–Kier alpha value is -0.120. The van der Waals surface area contributed by atoms with E-state index in [2.05, 4.69) is 38.0 Å². The number of hydrogen-bond donors (Lipinski definition) is 2. The fourth-order valence-electron chi connectivity index (χ4n) is 2.73. The lowest BCUT2D eigenvalue weighted by Gasteiger charge is -2.34. The number of nitrogens with one attached hydrogen (secondary N) is 1. The maximum atomic E-state index is 9.85. The van der Waals surface area contributed by atoms with Gasteiger partial charge in [0.25, 0.3) is 0 Å². The molecule has 1 saturated heterocycles. The topological polar surface area (TPSA) is 35.5 Å². The molecule has 0 aromatic heterocycles. The maximum absolute atomic E-state index is 9.85. The first kappa shape index (κ1) is 14.9. The van der Waals surface area contributed by atoms with Crippen LogP contribution in [0.2, 0.25) is 0 Å². The number of rotatable bonds is 6. The molecule has 0 aromatic rings. The molecule has 17 heavy (non-hydrogen) atoms. The lowest BCUT2D eigenvalue weighted by atomic mass is 9.91. The van der Waals surface area contributed by atoms with E-state index < -0.39 is 0 Å². The van der Waals surface area contributed by atoms with E-state index in [4.69, 9.17) is 0 Å². The highest BCUT2D eigenvalue weighted by Crippen LogP contribution is 2.18. The summed E-state index contributed by atoms with van der Waals surface area (Å²) in [5.74, 6) is 1.31. The summed E-state index contributed by atoms with van der Waals surface area (Å²) >= 11 is 0. The molecule has 1 aliphatic heterocycles. The van der Waals surface area contributed by atoms with Gasteiger partial charge in [-0.15, -0.1) is 0 Å². The molecule has 1 fully saturated rings. The van der Waals surface area contributed by atoms with Crippen molar-refractivity contribution < 1.29 is 5.11 Å². The van der Waals surface area contributed by atoms with Crippen molar-refractivity contribution in [3.63, 3.8) is 0 Å². The number of likely N-dealkylation sites (tertiary alicyclic amines) is 1. The van der Waals surface area contributed by atoms with Crippen molar-refractivity contribution in [1.29, 1.82) is 0 Å². The van der Waals surface area contributed by atoms with Gasteiger partial charge in [0.2, 0.25) is 0 Å². The molecule has 2 N–H and O–H groups in total. The fraction of sp³-hybridized carbons (Fsp3) is 1.00. The van der Waals surface area contributed by atoms with Gasteiger partial charge >= 0.3 is 0 Å². The minimum Gasteiger partial charge on any atom is -0.392 e. The van der Waals surface area contributed by atoms with Crippen LogP contribution in [0.3, 0.4) is 0 Å². The van der Waals surface area contributed by atoms with Crippen molar-refractivity contribution in [2.75, 3.05) is 26.7 Å². The Morgan fingerprint density at radius 2 is 2.06 bits per heavy atom. The molecule has 1 aliphatic rings. The van der Waals surface area contributed by atoms with E-state index in [1.165, 1.54) is 25.9 Å². The van der Waals surface area contributed by atoms with Crippen LogP contribution in [0.1, 0.15) is 40.0 Å². The molecule has 3 unspecified atom stereocenters. The maximum Gasteiger partial charge on any atom is 0.0667 e. The van der Waals surface area contributed by atoms with Gasteiger partial charge in [-0.05, 0) is 51.6 Å². The van der Waals surface area contributed by atoms with Crippen LogP contribution in [-0.4, -0.2) is 48.8 Å². The van der Waals surface area contributed by atoms with Crippen molar-refractivity contribution in [2.24, 2.45) is 11.8 Å². The predicted octanol–water partition coefficient (Wildman–Crippen LogP) is 1.71. The smallest absolute Gasteiger partial charge is 0.0667 e. The zero-order chi connectivity index (χ0) is 12.8. The molecule has 0 saturated carbocycles. The molecule has 3 heteroatoms. The first-order chi connectivity index (χ1) is 7.99. The minimum absolute atomic E-state index is 0.196. The highest BCUT2D eigenvalue weighted by Gasteiger charge is 2.22. The average molecular weight is 242 g/mol. The summed E-state index contributed by atoms with van der Waals surface area (Å²) in [5.41, 5.74) is 0. The SMILES string of the molecule is CC(C)CC(O)CNC(C)C1CCCN(C)C1. The van der Waals surface area contributed by atoms with Gasteiger partial charge in [0.05, 0.1) is 6.10 Å². The van der Waals surface area contributed by atoms with E-state index in [0.717, 1.165) is 18.9 Å². The summed E-state index contributed by atoms with van der Waals surface area (Å²) < 4.78 is 0. The third-order valence-corrected chi connectivity index (χ3v) is 3.79. The highest BCUT2D eigenvalue weighted by atomic mass is 16.3. The number of aliphatic hydroxyl groups is 1. The van der Waals surface area contributed by atoms with Crippen LogP contribution >= 0.6 is 0 Å². The second-order valence-electron chi connectivity index (χ2n) is 6.14. The Morgan fingerprint density at radius 3 is 2.65 bits per heavy atom. The Bertz CT molecular complexity index is 208. The van der Waals surface area contributed by atoms with E-state index in [0.29, 0.717) is 12.0 Å². The summed E-state index contributed by atoms with van der Waals surface area (Å²) in [5, 5.41) is 13.3. The molecule has 0 aromatic carbocycles. The molecule has 0 radical (unpaired) electrons. The van der Waals surface area contributed by atoms with Crippen molar-refractivity contribution in [2.45, 2.75) is 52.2 Å². The fourth-order valence-corrected chi connectivity index (χ4v) is 2.73. The van der Waals surface area contributed by atoms with Gasteiger partial charge in [0.1, 0.15) is 0 Å². The molecule has 1 heterocycles. The summed E-state index contributed by atoms with van der Waals surface area (Å²) in [6.07, 6.45) is 3.32. The molecular formula is C14H30N2O. The van der Waals surface area contributed by atoms with E-state index >= 15 is 0 Å². The number of aliphatic hydroxyl groups excluding tert-OH is 1. The molecule has 0 spiro atoms. The Kier molecular flexibility index (Phi) is 6.45. The minimum atomic E-state index is -0.196. The molecule has 3 atom stereocenters. The number of hydrogen-bond acceptors (Lipinski definition) is 3. The van der Waals surface area contributed by atoms with Crippen molar-refractivity contribution in [3.8, 4) is 0 Å². The summed E-state index contributed by atoms with van der Waals surface area (Å²) in [6.45, 7) is 9.73. The molecule has 1 rings (SSSR count). The van der Waals surface area contributed by atoms with Crippen LogP contribution in [0.25, 0.3) is 0 Å². The third-order valence-electron chi connectivity index (χ3n) is 3.79. The Labute approximate surface area is 107 Å². The van der Waals surface area contributed by atoms with Gasteiger partial charge in [-0.1, -0.05) is 13.8 Å². The zero-order valence-corrected chi connectivity index (χ0v) is 11.9. The van der Waals surface area contributed by atoms with Gasteiger partial charge in [-0.3, -0.25) is 0 Å². The first-order valence-electron chi connectivity index (χ1n) is 7.09. The molecular weight excluding hydrogens is 212 g/mol. The van der Waals surface area contributed by atoms with Crippen molar-refractivity contribution >= 4 is 0 Å². The van der Waals surface area contributed by atoms with Crippen molar-refractivity contribution in [1.82, 2.24) is 10.2 Å². The van der Waals surface area contributed by atoms with Crippen LogP contribution in [-0.2, 0) is 0 Å². The number of piperidine rings is 1. The predicted molar refractivity (Wildman–Crippen MR) is 73.1 cm³/mol. The van der Waals surface area contributed by atoms with E-state index in [-0.39, 0.29) is 6.10 Å². The lowest BCUT2D eigenvalue weighted by Crippen LogP contribution is -2.45. The van der Waals surface area contributed by atoms with Crippen LogP contribution in [0.15, 0.2) is 0 Å².